The van der Waals surface area contributed by atoms with Crippen LogP contribution in [-0.4, -0.2) is 33.9 Å². The molecule has 0 heterocycles. The summed E-state index contributed by atoms with van der Waals surface area (Å²) in [6, 6.07) is 10.8. The SMILES string of the molecule is CC(C)[C@H](NC(=O)/C(=C/c1cccc([N+](=O)[O-])c1)NC(=O)c1ccccc1Br)C(=O)O. The number of nitrogens with one attached hydrogen (secondary N) is 2. The van der Waals surface area contributed by atoms with Gasteiger partial charge < -0.3 is 15.7 Å². The Morgan fingerprint density at radius 2 is 1.81 bits per heavy atom. The van der Waals surface area contributed by atoms with Crippen LogP contribution in [0.3, 0.4) is 0 Å². The minimum absolute atomic E-state index is 0.198. The number of hydrogen-bond donors (Lipinski definition) is 3. The molecule has 0 saturated carbocycles. The second kappa shape index (κ2) is 10.5. The third-order valence-electron chi connectivity index (χ3n) is 4.22. The van der Waals surface area contributed by atoms with Crippen molar-refractivity contribution in [3.8, 4) is 0 Å². The third kappa shape index (κ3) is 6.48. The van der Waals surface area contributed by atoms with Gasteiger partial charge >= 0.3 is 5.97 Å². The summed E-state index contributed by atoms with van der Waals surface area (Å²) in [5.74, 6) is -3.10. The first-order valence-electron chi connectivity index (χ1n) is 9.16. The van der Waals surface area contributed by atoms with Gasteiger partial charge in [-0.2, -0.15) is 0 Å². The number of rotatable bonds is 8. The zero-order valence-corrected chi connectivity index (χ0v) is 18.3. The van der Waals surface area contributed by atoms with Crippen LogP contribution in [0.5, 0.6) is 0 Å². The van der Waals surface area contributed by atoms with E-state index in [1.165, 1.54) is 36.4 Å². The Kier molecular flexibility index (Phi) is 8.03. The van der Waals surface area contributed by atoms with E-state index in [0.717, 1.165) is 0 Å². The lowest BCUT2D eigenvalue weighted by molar-refractivity contribution is -0.384. The number of nitro groups is 1. The smallest absolute Gasteiger partial charge is 0.326 e. The molecule has 0 aliphatic carbocycles. The average molecular weight is 490 g/mol. The van der Waals surface area contributed by atoms with Gasteiger partial charge in [0, 0.05) is 16.6 Å². The highest BCUT2D eigenvalue weighted by Crippen LogP contribution is 2.18. The number of hydrogen-bond acceptors (Lipinski definition) is 5. The number of carboxylic acid groups (broad SMARTS) is 1. The zero-order chi connectivity index (χ0) is 23.1. The molecule has 0 radical (unpaired) electrons. The molecular formula is C21H20BrN3O6. The number of halogens is 1. The molecule has 31 heavy (non-hydrogen) atoms. The number of aliphatic carboxylic acids is 1. The van der Waals surface area contributed by atoms with E-state index in [2.05, 4.69) is 26.6 Å². The quantitative estimate of drug-likeness (QED) is 0.295. The van der Waals surface area contributed by atoms with E-state index < -0.39 is 34.7 Å². The molecule has 2 rings (SSSR count). The summed E-state index contributed by atoms with van der Waals surface area (Å²) in [4.78, 5) is 47.5. The average Bonchev–Trinajstić information content (AvgIpc) is 2.71. The van der Waals surface area contributed by atoms with Crippen molar-refractivity contribution in [2.75, 3.05) is 0 Å². The molecule has 10 heteroatoms. The standard InChI is InChI=1S/C21H20BrN3O6/c1-12(2)18(21(28)29)24-20(27)17(11-13-6-5-7-14(10-13)25(30)31)23-19(26)15-8-3-4-9-16(15)22/h3-12,18H,1-2H3,(H,23,26)(H,24,27)(H,28,29)/b17-11-/t18-/m0/s1. The van der Waals surface area contributed by atoms with Gasteiger partial charge in [-0.15, -0.1) is 0 Å². The first-order chi connectivity index (χ1) is 14.6. The molecule has 3 N–H and O–H groups in total. The predicted molar refractivity (Wildman–Crippen MR) is 117 cm³/mol. The Balaban J connectivity index is 2.43. The van der Waals surface area contributed by atoms with Crippen LogP contribution in [-0.2, 0) is 9.59 Å². The van der Waals surface area contributed by atoms with Gasteiger partial charge in [-0.3, -0.25) is 19.7 Å². The normalized spacial score (nSPS) is 12.2. The summed E-state index contributed by atoms with van der Waals surface area (Å²) in [6.07, 6.45) is 1.25. The molecule has 0 saturated heterocycles. The fourth-order valence-corrected chi connectivity index (χ4v) is 3.09. The maximum Gasteiger partial charge on any atom is 0.326 e. The first kappa shape index (κ1) is 23.7. The molecule has 2 amide bonds. The van der Waals surface area contributed by atoms with Crippen molar-refractivity contribution in [1.82, 2.24) is 10.6 Å². The van der Waals surface area contributed by atoms with Gasteiger partial charge in [0.25, 0.3) is 17.5 Å². The maximum atomic E-state index is 12.8. The van der Waals surface area contributed by atoms with Crippen molar-refractivity contribution < 1.29 is 24.4 Å². The number of amides is 2. The van der Waals surface area contributed by atoms with Crippen molar-refractivity contribution in [3.05, 3.63) is 79.9 Å². The van der Waals surface area contributed by atoms with Crippen molar-refractivity contribution in [2.24, 2.45) is 5.92 Å². The summed E-state index contributed by atoms with van der Waals surface area (Å²) in [5.41, 5.74) is 0.0754. The molecule has 0 fully saturated rings. The lowest BCUT2D eigenvalue weighted by Gasteiger charge is -2.19. The van der Waals surface area contributed by atoms with Gasteiger partial charge in [0.15, 0.2) is 0 Å². The number of carbonyl (C=O) groups is 3. The number of benzene rings is 2. The molecule has 2 aromatic carbocycles. The van der Waals surface area contributed by atoms with E-state index in [-0.39, 0.29) is 22.5 Å². The van der Waals surface area contributed by atoms with Gasteiger partial charge in [-0.25, -0.2) is 4.79 Å². The third-order valence-corrected chi connectivity index (χ3v) is 4.91. The fraction of sp³-hybridized carbons (Fsp3) is 0.190. The highest BCUT2D eigenvalue weighted by atomic mass is 79.9. The molecule has 9 nitrogen and oxygen atoms in total. The maximum absolute atomic E-state index is 12.8. The van der Waals surface area contributed by atoms with Gasteiger partial charge in [-0.1, -0.05) is 38.1 Å². The fourth-order valence-electron chi connectivity index (χ4n) is 2.62. The van der Waals surface area contributed by atoms with Crippen LogP contribution in [0, 0.1) is 16.0 Å². The summed E-state index contributed by atoms with van der Waals surface area (Å²) < 4.78 is 0.494. The Morgan fingerprint density at radius 1 is 1.13 bits per heavy atom. The summed E-state index contributed by atoms with van der Waals surface area (Å²) in [6.45, 7) is 3.26. The topological polar surface area (TPSA) is 139 Å². The Hall–Kier alpha value is -3.53. The molecule has 162 valence electrons. The van der Waals surface area contributed by atoms with E-state index in [0.29, 0.717) is 4.47 Å². The molecule has 0 spiro atoms. The molecule has 0 bridgehead atoms. The Bertz CT molecular complexity index is 1050. The largest absolute Gasteiger partial charge is 0.480 e. The van der Waals surface area contributed by atoms with Crippen LogP contribution in [0.4, 0.5) is 5.69 Å². The number of nitro benzene ring substituents is 1. The number of carbonyl (C=O) groups excluding carboxylic acids is 2. The van der Waals surface area contributed by atoms with Gasteiger partial charge in [-0.05, 0) is 45.6 Å². The molecule has 2 aromatic rings. The van der Waals surface area contributed by atoms with E-state index in [1.807, 2.05) is 0 Å². The zero-order valence-electron chi connectivity index (χ0n) is 16.7. The monoisotopic (exact) mass is 489 g/mol. The van der Waals surface area contributed by atoms with Gasteiger partial charge in [0.05, 0.1) is 10.5 Å². The first-order valence-corrected chi connectivity index (χ1v) is 9.95. The van der Waals surface area contributed by atoms with Crippen molar-refractivity contribution in [3.63, 3.8) is 0 Å². The lowest BCUT2D eigenvalue weighted by atomic mass is 10.0. The predicted octanol–water partition coefficient (Wildman–Crippen LogP) is 3.35. The Morgan fingerprint density at radius 3 is 2.39 bits per heavy atom. The van der Waals surface area contributed by atoms with Crippen LogP contribution in [0.2, 0.25) is 0 Å². The lowest BCUT2D eigenvalue weighted by Crippen LogP contribution is -2.47. The van der Waals surface area contributed by atoms with Gasteiger partial charge in [0.2, 0.25) is 0 Å². The summed E-state index contributed by atoms with van der Waals surface area (Å²) >= 11 is 3.26. The minimum atomic E-state index is -1.23. The molecule has 1 atom stereocenters. The van der Waals surface area contributed by atoms with Crippen LogP contribution >= 0.6 is 15.9 Å². The number of non-ortho nitro benzene ring substituents is 1. The van der Waals surface area contributed by atoms with Crippen LogP contribution in [0.25, 0.3) is 6.08 Å². The van der Waals surface area contributed by atoms with Crippen molar-refractivity contribution in [1.29, 1.82) is 0 Å². The van der Waals surface area contributed by atoms with Crippen LogP contribution in [0.1, 0.15) is 29.8 Å². The van der Waals surface area contributed by atoms with Crippen LogP contribution in [0.15, 0.2) is 58.7 Å². The van der Waals surface area contributed by atoms with E-state index in [1.54, 1.807) is 32.0 Å². The van der Waals surface area contributed by atoms with Crippen LogP contribution < -0.4 is 10.6 Å². The highest BCUT2D eigenvalue weighted by molar-refractivity contribution is 9.10. The molecule has 0 unspecified atom stereocenters. The van der Waals surface area contributed by atoms with E-state index >= 15 is 0 Å². The molecule has 0 aliphatic heterocycles. The second-order valence-corrected chi connectivity index (χ2v) is 7.73. The summed E-state index contributed by atoms with van der Waals surface area (Å²) in [7, 11) is 0. The van der Waals surface area contributed by atoms with E-state index in [4.69, 9.17) is 0 Å². The van der Waals surface area contributed by atoms with E-state index in [9.17, 15) is 29.6 Å². The van der Waals surface area contributed by atoms with Gasteiger partial charge in [0.1, 0.15) is 11.7 Å². The molecule has 0 aliphatic rings. The van der Waals surface area contributed by atoms with Crippen molar-refractivity contribution in [2.45, 2.75) is 19.9 Å². The summed E-state index contributed by atoms with van der Waals surface area (Å²) in [5, 5.41) is 25.2. The molecular weight excluding hydrogens is 470 g/mol. The minimum Gasteiger partial charge on any atom is -0.480 e. The number of carboxylic acids is 1. The second-order valence-electron chi connectivity index (χ2n) is 6.88. The highest BCUT2D eigenvalue weighted by Gasteiger charge is 2.26. The molecule has 0 aromatic heterocycles. The number of nitrogens with zero attached hydrogens (tertiary/aromatic N) is 1. The Labute approximate surface area is 186 Å². The van der Waals surface area contributed by atoms with Crippen molar-refractivity contribution >= 4 is 45.5 Å².